The van der Waals surface area contributed by atoms with Crippen LogP contribution in [0.1, 0.15) is 37.7 Å². The van der Waals surface area contributed by atoms with Crippen LogP contribution in [0.3, 0.4) is 0 Å². The van der Waals surface area contributed by atoms with Crippen molar-refractivity contribution in [3.63, 3.8) is 0 Å². The molecule has 8 heteroatoms. The summed E-state index contributed by atoms with van der Waals surface area (Å²) >= 11 is 0. The van der Waals surface area contributed by atoms with Crippen LogP contribution in [-0.4, -0.2) is 31.2 Å². The number of anilines is 1. The first-order valence-corrected chi connectivity index (χ1v) is 8.53. The maximum atomic E-state index is 13.1. The lowest BCUT2D eigenvalue weighted by atomic mass is 9.95. The molecule has 0 radical (unpaired) electrons. The van der Waals surface area contributed by atoms with Crippen LogP contribution in [0.5, 0.6) is 0 Å². The molecule has 3 aromatic rings. The van der Waals surface area contributed by atoms with Crippen LogP contribution in [0.4, 0.5) is 10.2 Å². The number of halogens is 1. The van der Waals surface area contributed by atoms with Gasteiger partial charge in [-0.3, -0.25) is 4.79 Å². The van der Waals surface area contributed by atoms with Gasteiger partial charge in [-0.1, -0.05) is 36.6 Å². The predicted octanol–water partition coefficient (Wildman–Crippen LogP) is 2.45. The minimum Gasteiger partial charge on any atom is -0.364 e. The number of nitrogens with zero attached hydrogens (tertiary/aromatic N) is 4. The molecule has 0 atom stereocenters. The quantitative estimate of drug-likeness (QED) is 0.760. The van der Waals surface area contributed by atoms with Gasteiger partial charge in [-0.25, -0.2) is 14.2 Å². The lowest BCUT2D eigenvalue weighted by Crippen LogP contribution is -2.24. The first kappa shape index (κ1) is 15.7. The number of hydrogen-bond acceptors (Lipinski definition) is 5. The molecular formula is C17H19FN6O. The van der Waals surface area contributed by atoms with Crippen LogP contribution in [0.15, 0.2) is 29.1 Å². The summed E-state index contributed by atoms with van der Waals surface area (Å²) in [5.41, 5.74) is 1.34. The third-order valence-corrected chi connectivity index (χ3v) is 4.64. The van der Waals surface area contributed by atoms with Crippen molar-refractivity contribution in [1.29, 1.82) is 0 Å². The van der Waals surface area contributed by atoms with E-state index in [0.717, 1.165) is 18.4 Å². The van der Waals surface area contributed by atoms with E-state index in [0.29, 0.717) is 29.4 Å². The second kappa shape index (κ2) is 6.62. The summed E-state index contributed by atoms with van der Waals surface area (Å²) < 4.78 is 14.6. The molecule has 0 saturated heterocycles. The van der Waals surface area contributed by atoms with Gasteiger partial charge in [0.1, 0.15) is 5.82 Å². The molecule has 130 valence electrons. The van der Waals surface area contributed by atoms with Crippen LogP contribution >= 0.6 is 0 Å². The first-order chi connectivity index (χ1) is 12.2. The molecule has 25 heavy (non-hydrogen) atoms. The van der Waals surface area contributed by atoms with E-state index in [1.807, 2.05) is 0 Å². The highest BCUT2D eigenvalue weighted by molar-refractivity contribution is 5.84. The summed E-state index contributed by atoms with van der Waals surface area (Å²) in [7, 11) is 0. The zero-order valence-electron chi connectivity index (χ0n) is 13.7. The molecule has 2 N–H and O–H groups in total. The zero-order chi connectivity index (χ0) is 17.2. The smallest absolute Gasteiger partial charge is 0.292 e. The molecule has 7 nitrogen and oxygen atoms in total. The van der Waals surface area contributed by atoms with Gasteiger partial charge in [0.05, 0.1) is 6.54 Å². The fraction of sp³-hybridized carbons (Fsp3) is 0.412. The maximum absolute atomic E-state index is 13.1. The molecule has 0 aliphatic heterocycles. The highest BCUT2D eigenvalue weighted by atomic mass is 19.1. The van der Waals surface area contributed by atoms with Crippen molar-refractivity contribution in [3.05, 3.63) is 46.0 Å². The summed E-state index contributed by atoms with van der Waals surface area (Å²) in [6.07, 6.45) is 5.83. The first-order valence-electron chi connectivity index (χ1n) is 8.53. The van der Waals surface area contributed by atoms with Gasteiger partial charge < -0.3 is 5.32 Å². The molecule has 0 spiro atoms. The normalized spacial score (nSPS) is 15.6. The lowest BCUT2D eigenvalue weighted by Gasteiger charge is -2.22. The fourth-order valence-electron chi connectivity index (χ4n) is 3.32. The Morgan fingerprint density at radius 1 is 1.20 bits per heavy atom. The molecule has 0 bridgehead atoms. The van der Waals surface area contributed by atoms with Crippen molar-refractivity contribution in [2.75, 3.05) is 5.32 Å². The van der Waals surface area contributed by atoms with Gasteiger partial charge in [0, 0.05) is 6.04 Å². The van der Waals surface area contributed by atoms with Crippen LogP contribution in [-0.2, 0) is 6.54 Å². The molecule has 4 rings (SSSR count). The Bertz CT molecular complexity index is 926. The van der Waals surface area contributed by atoms with Gasteiger partial charge >= 0.3 is 0 Å². The molecule has 0 unspecified atom stereocenters. The number of fused-ring (bicyclic) bond motifs is 1. The number of H-pyrrole nitrogens is 1. The molecule has 1 aliphatic rings. The van der Waals surface area contributed by atoms with Crippen molar-refractivity contribution in [2.45, 2.75) is 44.7 Å². The van der Waals surface area contributed by atoms with Crippen molar-refractivity contribution >= 4 is 16.9 Å². The van der Waals surface area contributed by atoms with E-state index in [-0.39, 0.29) is 11.4 Å². The second-order valence-corrected chi connectivity index (χ2v) is 6.45. The van der Waals surface area contributed by atoms with Crippen molar-refractivity contribution in [2.24, 2.45) is 0 Å². The SMILES string of the molecule is O=c1[nH]nc(NC2CCCCC2)c2nnn(Cc3ccc(F)cc3)c12. The average molecular weight is 342 g/mol. The van der Waals surface area contributed by atoms with Crippen molar-refractivity contribution in [3.8, 4) is 0 Å². The molecular weight excluding hydrogens is 323 g/mol. The number of aromatic nitrogens is 5. The lowest BCUT2D eigenvalue weighted by molar-refractivity contribution is 0.461. The Morgan fingerprint density at radius 3 is 2.72 bits per heavy atom. The standard InChI is InChI=1S/C17H19FN6O/c18-12-8-6-11(7-9-12)10-24-15-14(20-23-24)16(21-22-17(15)25)19-13-4-2-1-3-5-13/h6-9,13H,1-5,10H2,(H,19,21)(H,22,25). The van der Waals surface area contributed by atoms with Gasteiger partial charge in [-0.05, 0) is 30.5 Å². The summed E-state index contributed by atoms with van der Waals surface area (Å²) in [6, 6.07) is 6.45. The van der Waals surface area contributed by atoms with Crippen molar-refractivity contribution < 1.29 is 4.39 Å². The van der Waals surface area contributed by atoms with E-state index in [1.165, 1.54) is 36.1 Å². The summed E-state index contributed by atoms with van der Waals surface area (Å²) in [5, 5.41) is 18.3. The minimum atomic E-state index is -0.337. The van der Waals surface area contributed by atoms with Gasteiger partial charge in [0.15, 0.2) is 16.9 Å². The molecule has 1 fully saturated rings. The van der Waals surface area contributed by atoms with Crippen LogP contribution in [0.25, 0.3) is 11.0 Å². The molecule has 1 aromatic carbocycles. The monoisotopic (exact) mass is 342 g/mol. The van der Waals surface area contributed by atoms with E-state index < -0.39 is 0 Å². The molecule has 0 amide bonds. The molecule has 2 heterocycles. The number of rotatable bonds is 4. The number of benzene rings is 1. The summed E-state index contributed by atoms with van der Waals surface area (Å²) in [6.45, 7) is 0.340. The summed E-state index contributed by atoms with van der Waals surface area (Å²) in [5.74, 6) is 0.264. The zero-order valence-corrected chi connectivity index (χ0v) is 13.7. The van der Waals surface area contributed by atoms with E-state index in [2.05, 4.69) is 25.8 Å². The van der Waals surface area contributed by atoms with E-state index in [1.54, 1.807) is 12.1 Å². The van der Waals surface area contributed by atoms with E-state index >= 15 is 0 Å². The van der Waals surface area contributed by atoms with Crippen molar-refractivity contribution in [1.82, 2.24) is 25.2 Å². The third kappa shape index (κ3) is 3.24. The number of aromatic amines is 1. The Morgan fingerprint density at radius 2 is 1.96 bits per heavy atom. The van der Waals surface area contributed by atoms with E-state index in [4.69, 9.17) is 0 Å². The third-order valence-electron chi connectivity index (χ3n) is 4.64. The highest BCUT2D eigenvalue weighted by Crippen LogP contribution is 2.23. The second-order valence-electron chi connectivity index (χ2n) is 6.45. The van der Waals surface area contributed by atoms with Crippen LogP contribution in [0, 0.1) is 5.82 Å². The average Bonchev–Trinajstić information content (AvgIpc) is 3.05. The summed E-state index contributed by atoms with van der Waals surface area (Å²) in [4.78, 5) is 12.2. The molecule has 1 saturated carbocycles. The maximum Gasteiger partial charge on any atom is 0.292 e. The van der Waals surface area contributed by atoms with Crippen LogP contribution < -0.4 is 10.9 Å². The molecule has 2 aromatic heterocycles. The van der Waals surface area contributed by atoms with Gasteiger partial charge in [-0.2, -0.15) is 5.10 Å². The highest BCUT2D eigenvalue weighted by Gasteiger charge is 2.19. The Kier molecular flexibility index (Phi) is 4.17. The van der Waals surface area contributed by atoms with E-state index in [9.17, 15) is 9.18 Å². The number of nitrogens with one attached hydrogen (secondary N) is 2. The van der Waals surface area contributed by atoms with Gasteiger partial charge in [-0.15, -0.1) is 5.10 Å². The minimum absolute atomic E-state index is 0.298. The number of hydrogen-bond donors (Lipinski definition) is 2. The van der Waals surface area contributed by atoms with Gasteiger partial charge in [0.2, 0.25) is 0 Å². The van der Waals surface area contributed by atoms with Crippen LogP contribution in [0.2, 0.25) is 0 Å². The Balaban J connectivity index is 1.66. The fourth-order valence-corrected chi connectivity index (χ4v) is 3.32. The Hall–Kier alpha value is -2.77. The Labute approximate surface area is 143 Å². The molecule has 1 aliphatic carbocycles. The predicted molar refractivity (Wildman–Crippen MR) is 91.9 cm³/mol. The van der Waals surface area contributed by atoms with Gasteiger partial charge in [0.25, 0.3) is 5.56 Å². The largest absolute Gasteiger partial charge is 0.364 e. The topological polar surface area (TPSA) is 88.5 Å².